The number of rotatable bonds is 7. The molecule has 6 heteroatoms. The van der Waals surface area contributed by atoms with Gasteiger partial charge in [0.2, 0.25) is 18.2 Å². The van der Waals surface area contributed by atoms with Crippen molar-refractivity contribution in [1.82, 2.24) is 10.2 Å². The second-order valence-electron chi connectivity index (χ2n) is 5.09. The second kappa shape index (κ2) is 7.54. The third-order valence-corrected chi connectivity index (χ3v) is 2.70. The van der Waals surface area contributed by atoms with E-state index in [0.29, 0.717) is 31.4 Å². The summed E-state index contributed by atoms with van der Waals surface area (Å²) < 4.78 is 10.5. The molecule has 1 N–H and O–H groups in total. The maximum atomic E-state index is 11.7. The molecule has 6 nitrogen and oxygen atoms in total. The molecule has 0 bridgehead atoms. The van der Waals surface area contributed by atoms with Crippen LogP contribution in [0.5, 0.6) is 0 Å². The van der Waals surface area contributed by atoms with Crippen LogP contribution in [-0.2, 0) is 9.53 Å². The van der Waals surface area contributed by atoms with Gasteiger partial charge in [0, 0.05) is 17.9 Å². The zero-order chi connectivity index (χ0) is 15.1. The zero-order valence-corrected chi connectivity index (χ0v) is 12.2. The van der Waals surface area contributed by atoms with Gasteiger partial charge in [-0.25, -0.2) is 0 Å². The first-order chi connectivity index (χ1) is 10.1. The normalized spacial score (nSPS) is 10.8. The fraction of sp³-hybridized carbons (Fsp3) is 0.400. The van der Waals surface area contributed by atoms with Crippen LogP contribution in [0.2, 0.25) is 0 Å². The quantitative estimate of drug-likeness (QED) is 0.793. The molecule has 1 amide bonds. The van der Waals surface area contributed by atoms with Gasteiger partial charge in [-0.1, -0.05) is 13.8 Å². The number of aromatic nitrogens is 2. The van der Waals surface area contributed by atoms with E-state index < -0.39 is 0 Å². The van der Waals surface area contributed by atoms with Crippen LogP contribution in [0.4, 0.5) is 5.69 Å². The van der Waals surface area contributed by atoms with Crippen LogP contribution in [-0.4, -0.2) is 29.3 Å². The number of carbonyl (C=O) groups excluding carboxylic acids is 1. The SMILES string of the molecule is CC(C)COCCC(=O)Nc1ccc(-c2nnco2)cc1. The average Bonchev–Trinajstić information content (AvgIpc) is 2.98. The number of amides is 1. The van der Waals surface area contributed by atoms with E-state index in [1.54, 1.807) is 12.1 Å². The van der Waals surface area contributed by atoms with Gasteiger partial charge < -0.3 is 14.5 Å². The Kier molecular flexibility index (Phi) is 5.45. The lowest BCUT2D eigenvalue weighted by molar-refractivity contribution is -0.117. The molecule has 0 aliphatic heterocycles. The molecule has 2 aromatic rings. The summed E-state index contributed by atoms with van der Waals surface area (Å²) in [4.78, 5) is 11.7. The lowest BCUT2D eigenvalue weighted by Crippen LogP contribution is -2.15. The average molecular weight is 289 g/mol. The monoisotopic (exact) mass is 289 g/mol. The minimum Gasteiger partial charge on any atom is -0.423 e. The highest BCUT2D eigenvalue weighted by molar-refractivity contribution is 5.90. The summed E-state index contributed by atoms with van der Waals surface area (Å²) in [5, 5.41) is 10.3. The number of hydrogen-bond donors (Lipinski definition) is 1. The van der Waals surface area contributed by atoms with Gasteiger partial charge >= 0.3 is 0 Å². The van der Waals surface area contributed by atoms with E-state index >= 15 is 0 Å². The predicted octanol–water partition coefficient (Wildman–Crippen LogP) is 2.74. The van der Waals surface area contributed by atoms with Crippen LogP contribution in [0.15, 0.2) is 35.1 Å². The first-order valence-electron chi connectivity index (χ1n) is 6.89. The highest BCUT2D eigenvalue weighted by Gasteiger charge is 2.05. The molecule has 1 aromatic heterocycles. The zero-order valence-electron chi connectivity index (χ0n) is 12.2. The third-order valence-electron chi connectivity index (χ3n) is 2.70. The molecule has 0 radical (unpaired) electrons. The lowest BCUT2D eigenvalue weighted by Gasteiger charge is -2.08. The van der Waals surface area contributed by atoms with Crippen molar-refractivity contribution < 1.29 is 13.9 Å². The van der Waals surface area contributed by atoms with Crippen molar-refractivity contribution in [2.75, 3.05) is 18.5 Å². The summed E-state index contributed by atoms with van der Waals surface area (Å²) in [7, 11) is 0. The number of nitrogens with one attached hydrogen (secondary N) is 1. The fourth-order valence-corrected chi connectivity index (χ4v) is 1.70. The molecule has 0 saturated carbocycles. The molecule has 0 spiro atoms. The van der Waals surface area contributed by atoms with E-state index in [1.807, 2.05) is 12.1 Å². The molecule has 1 aromatic carbocycles. The Balaban J connectivity index is 1.79. The largest absolute Gasteiger partial charge is 0.423 e. The molecular weight excluding hydrogens is 270 g/mol. The van der Waals surface area contributed by atoms with Gasteiger partial charge in [-0.15, -0.1) is 10.2 Å². The molecule has 1 heterocycles. The first kappa shape index (κ1) is 15.2. The number of ether oxygens (including phenoxy) is 1. The number of hydrogen-bond acceptors (Lipinski definition) is 5. The Labute approximate surface area is 123 Å². The van der Waals surface area contributed by atoms with E-state index in [1.165, 1.54) is 6.39 Å². The van der Waals surface area contributed by atoms with Crippen molar-refractivity contribution in [3.8, 4) is 11.5 Å². The van der Waals surface area contributed by atoms with E-state index in [0.717, 1.165) is 11.3 Å². The molecule has 0 aliphatic rings. The smallest absolute Gasteiger partial charge is 0.247 e. The molecule has 0 atom stereocenters. The van der Waals surface area contributed by atoms with Crippen molar-refractivity contribution in [3.05, 3.63) is 30.7 Å². The molecule has 21 heavy (non-hydrogen) atoms. The molecule has 0 aliphatic carbocycles. The number of carbonyl (C=O) groups is 1. The Hall–Kier alpha value is -2.21. The van der Waals surface area contributed by atoms with Crippen LogP contribution in [0.3, 0.4) is 0 Å². The van der Waals surface area contributed by atoms with Crippen LogP contribution in [0.1, 0.15) is 20.3 Å². The summed E-state index contributed by atoms with van der Waals surface area (Å²) >= 11 is 0. The van der Waals surface area contributed by atoms with Gasteiger partial charge in [-0.05, 0) is 30.2 Å². The Morgan fingerprint density at radius 2 is 2.10 bits per heavy atom. The highest BCUT2D eigenvalue weighted by atomic mass is 16.5. The molecule has 0 saturated heterocycles. The predicted molar refractivity (Wildman–Crippen MR) is 78.6 cm³/mol. The maximum Gasteiger partial charge on any atom is 0.247 e. The standard InChI is InChI=1S/C15H19N3O3/c1-11(2)9-20-8-7-14(19)17-13-5-3-12(4-6-13)15-18-16-10-21-15/h3-6,10-11H,7-9H2,1-2H3,(H,17,19). The summed E-state index contributed by atoms with van der Waals surface area (Å²) in [6.07, 6.45) is 1.63. The van der Waals surface area contributed by atoms with Crippen molar-refractivity contribution in [2.24, 2.45) is 5.92 Å². The Morgan fingerprint density at radius 3 is 2.71 bits per heavy atom. The van der Waals surface area contributed by atoms with Gasteiger partial charge in [0.25, 0.3) is 0 Å². The first-order valence-corrected chi connectivity index (χ1v) is 6.89. The number of benzene rings is 1. The molecule has 112 valence electrons. The molecular formula is C15H19N3O3. The number of anilines is 1. The van der Waals surface area contributed by atoms with Crippen LogP contribution >= 0.6 is 0 Å². The Morgan fingerprint density at radius 1 is 1.33 bits per heavy atom. The van der Waals surface area contributed by atoms with Crippen molar-refractivity contribution in [2.45, 2.75) is 20.3 Å². The maximum absolute atomic E-state index is 11.7. The van der Waals surface area contributed by atoms with Crippen molar-refractivity contribution >= 4 is 11.6 Å². The fourth-order valence-electron chi connectivity index (χ4n) is 1.70. The molecule has 0 fully saturated rings. The third kappa shape index (κ3) is 5.00. The van der Waals surface area contributed by atoms with Gasteiger partial charge in [-0.3, -0.25) is 4.79 Å². The summed E-state index contributed by atoms with van der Waals surface area (Å²) in [6.45, 7) is 5.26. The summed E-state index contributed by atoms with van der Waals surface area (Å²) in [6, 6.07) is 7.23. The lowest BCUT2D eigenvalue weighted by atomic mass is 10.2. The molecule has 2 rings (SSSR count). The van der Waals surface area contributed by atoms with E-state index in [2.05, 4.69) is 29.4 Å². The van der Waals surface area contributed by atoms with Crippen molar-refractivity contribution in [1.29, 1.82) is 0 Å². The minimum absolute atomic E-state index is 0.0655. The van der Waals surface area contributed by atoms with Crippen molar-refractivity contribution in [3.63, 3.8) is 0 Å². The Bertz CT molecular complexity index is 550. The highest BCUT2D eigenvalue weighted by Crippen LogP contribution is 2.18. The topological polar surface area (TPSA) is 77.2 Å². The van der Waals surface area contributed by atoms with Crippen LogP contribution in [0, 0.1) is 5.92 Å². The van der Waals surface area contributed by atoms with Gasteiger partial charge in [0.15, 0.2) is 0 Å². The van der Waals surface area contributed by atoms with E-state index in [9.17, 15) is 4.79 Å². The summed E-state index contributed by atoms with van der Waals surface area (Å²) in [5.41, 5.74) is 1.54. The van der Waals surface area contributed by atoms with Crippen LogP contribution < -0.4 is 5.32 Å². The number of nitrogens with zero attached hydrogens (tertiary/aromatic N) is 2. The second-order valence-corrected chi connectivity index (χ2v) is 5.09. The summed E-state index contributed by atoms with van der Waals surface area (Å²) in [5.74, 6) is 0.865. The van der Waals surface area contributed by atoms with Gasteiger partial charge in [0.05, 0.1) is 13.0 Å². The van der Waals surface area contributed by atoms with E-state index in [4.69, 9.17) is 9.15 Å². The van der Waals surface area contributed by atoms with Gasteiger partial charge in [0.1, 0.15) is 0 Å². The van der Waals surface area contributed by atoms with Gasteiger partial charge in [-0.2, -0.15) is 0 Å². The van der Waals surface area contributed by atoms with Crippen LogP contribution in [0.25, 0.3) is 11.5 Å². The molecule has 0 unspecified atom stereocenters. The van der Waals surface area contributed by atoms with E-state index in [-0.39, 0.29) is 5.91 Å². The minimum atomic E-state index is -0.0655.